The third-order valence-corrected chi connectivity index (χ3v) is 8.22. The first-order valence-corrected chi connectivity index (χ1v) is 11.8. The van der Waals surface area contributed by atoms with Gasteiger partial charge in [0.15, 0.2) is 29.8 Å². The van der Waals surface area contributed by atoms with E-state index in [0.29, 0.717) is 18.6 Å². The van der Waals surface area contributed by atoms with E-state index in [-0.39, 0.29) is 29.8 Å². The van der Waals surface area contributed by atoms with Crippen molar-refractivity contribution in [2.75, 3.05) is 0 Å². The Hall–Kier alpha value is -3.11. The second kappa shape index (κ2) is 7.96. The number of rotatable bonds is 6. The molecule has 1 aliphatic heterocycles. The predicted molar refractivity (Wildman–Crippen MR) is 117 cm³/mol. The van der Waals surface area contributed by atoms with Crippen LogP contribution in [0.3, 0.4) is 0 Å². The van der Waals surface area contributed by atoms with Crippen LogP contribution in [0.15, 0.2) is 24.0 Å². The Bertz CT molecular complexity index is 1140. The van der Waals surface area contributed by atoms with Crippen LogP contribution < -0.4 is 4.74 Å². The van der Waals surface area contributed by atoms with Crippen molar-refractivity contribution in [3.8, 4) is 11.5 Å². The summed E-state index contributed by atoms with van der Waals surface area (Å²) >= 11 is 0. The number of carboxylic acids is 1. The van der Waals surface area contributed by atoms with Crippen LogP contribution in [0.25, 0.3) is 0 Å². The van der Waals surface area contributed by atoms with Gasteiger partial charge in [-0.25, -0.2) is 9.59 Å². The summed E-state index contributed by atoms with van der Waals surface area (Å²) in [6.07, 6.45) is -1.14. The molecule has 1 fully saturated rings. The molecule has 0 aromatic heterocycles. The average Bonchev–Trinajstić information content (AvgIpc) is 3.15. The van der Waals surface area contributed by atoms with E-state index in [0.717, 1.165) is 17.5 Å². The van der Waals surface area contributed by atoms with Crippen LogP contribution in [-0.4, -0.2) is 62.2 Å². The number of ether oxygens (including phenoxy) is 3. The van der Waals surface area contributed by atoms with Crippen LogP contribution in [0.1, 0.15) is 50.7 Å². The Kier molecular flexibility index (Phi) is 5.37. The second-order valence-corrected chi connectivity index (χ2v) is 10.1. The minimum absolute atomic E-state index is 0.0329. The molecule has 0 saturated heterocycles. The summed E-state index contributed by atoms with van der Waals surface area (Å²) in [7, 11) is 0. The number of aromatic hydroxyl groups is 1. The zero-order valence-corrected chi connectivity index (χ0v) is 19.4. The molecule has 10 heteroatoms. The number of hydrogen-bond donors (Lipinski definition) is 4. The molecule has 4 aliphatic rings. The van der Waals surface area contributed by atoms with Gasteiger partial charge in [-0.05, 0) is 62.1 Å². The van der Waals surface area contributed by atoms with Gasteiger partial charge < -0.3 is 34.6 Å². The van der Waals surface area contributed by atoms with Crippen LogP contribution in [0.5, 0.6) is 11.5 Å². The third kappa shape index (κ3) is 3.26. The molecule has 1 saturated carbocycles. The number of phenolic OH excluding ortho intramolecular Hbond substituents is 1. The van der Waals surface area contributed by atoms with E-state index in [2.05, 4.69) is 6.92 Å². The Morgan fingerprint density at radius 3 is 2.71 bits per heavy atom. The molecule has 10 nitrogen and oxygen atoms in total. The molecule has 1 aromatic carbocycles. The van der Waals surface area contributed by atoms with Crippen LogP contribution in [-0.2, 0) is 35.7 Å². The number of aliphatic hydroxyl groups is 2. The van der Waals surface area contributed by atoms with E-state index < -0.39 is 53.7 Å². The lowest BCUT2D eigenvalue weighted by molar-refractivity contribution is -0.179. The number of aliphatic hydroxyl groups excluding tert-OH is 1. The highest BCUT2D eigenvalue weighted by molar-refractivity contribution is 5.84. The minimum Gasteiger partial charge on any atom is -0.504 e. The van der Waals surface area contributed by atoms with Crippen molar-refractivity contribution < 1.29 is 49.0 Å². The van der Waals surface area contributed by atoms with Crippen LogP contribution >= 0.6 is 0 Å². The van der Waals surface area contributed by atoms with Crippen molar-refractivity contribution in [1.29, 1.82) is 0 Å². The molecule has 0 amide bonds. The lowest BCUT2D eigenvalue weighted by Crippen LogP contribution is -2.69. The molecule has 5 rings (SSSR count). The highest BCUT2D eigenvalue weighted by Gasteiger charge is 2.72. The molecular formula is C25H28O10. The van der Waals surface area contributed by atoms with Crippen molar-refractivity contribution in [1.82, 2.24) is 0 Å². The second-order valence-electron chi connectivity index (χ2n) is 10.1. The van der Waals surface area contributed by atoms with Crippen LogP contribution in [0, 0.1) is 11.8 Å². The Morgan fingerprint density at radius 2 is 2.00 bits per heavy atom. The minimum atomic E-state index is -1.91. The Balaban J connectivity index is 1.43. The summed E-state index contributed by atoms with van der Waals surface area (Å²) in [6, 6.07) is 3.44. The number of phenols is 1. The molecule has 188 valence electrons. The highest BCUT2D eigenvalue weighted by atomic mass is 16.6. The molecule has 0 radical (unpaired) electrons. The van der Waals surface area contributed by atoms with Crippen molar-refractivity contribution in [2.45, 2.75) is 75.3 Å². The molecular weight excluding hydrogens is 460 g/mol. The maximum absolute atomic E-state index is 12.8. The predicted octanol–water partition coefficient (Wildman–Crippen LogP) is 1.32. The number of benzene rings is 1. The molecule has 1 aromatic rings. The van der Waals surface area contributed by atoms with Gasteiger partial charge in [-0.2, -0.15) is 0 Å². The van der Waals surface area contributed by atoms with Gasteiger partial charge in [0.05, 0.1) is 17.4 Å². The van der Waals surface area contributed by atoms with Crippen molar-refractivity contribution in [3.63, 3.8) is 0 Å². The number of hydrogen-bond acceptors (Lipinski definition) is 9. The van der Waals surface area contributed by atoms with Gasteiger partial charge in [-0.3, -0.25) is 4.79 Å². The largest absolute Gasteiger partial charge is 0.504 e. The van der Waals surface area contributed by atoms with Crippen molar-refractivity contribution in [2.24, 2.45) is 11.8 Å². The summed E-state index contributed by atoms with van der Waals surface area (Å²) in [4.78, 5) is 35.4. The van der Waals surface area contributed by atoms with E-state index >= 15 is 0 Å². The SMILES string of the molecule is CC1CCC23c4c5ccc(O)c4OC2C(OC(=O)[C@H](C)OC(=O)[C@@H](O)CC(=O)O)=CC[C@@]3(O)[C@H]1C5. The normalized spacial score (nSPS) is 33.5. The average molecular weight is 488 g/mol. The maximum atomic E-state index is 12.8. The zero-order valence-electron chi connectivity index (χ0n) is 19.4. The van der Waals surface area contributed by atoms with Crippen molar-refractivity contribution >= 4 is 17.9 Å². The standard InChI is InChI=1S/C25H28O10/c1-11-5-7-24-19-13-3-4-15(26)20(19)35-21(24)17(6-8-25(24,32)14(11)9-13)34-22(30)12(2)33-23(31)16(27)10-18(28)29/h3-4,6,11-12,14,16,21,26-27,32H,5,7-10H2,1-2H3,(H,28,29)/t11?,12-,14-,16-,21?,24?,25+/m0/s1. The van der Waals surface area contributed by atoms with Crippen LogP contribution in [0.4, 0.5) is 0 Å². The van der Waals surface area contributed by atoms with Gasteiger partial charge in [-0.15, -0.1) is 0 Å². The first kappa shape index (κ1) is 23.6. The van der Waals surface area contributed by atoms with Gasteiger partial charge in [0, 0.05) is 5.56 Å². The van der Waals surface area contributed by atoms with Gasteiger partial charge in [-0.1, -0.05) is 13.0 Å². The zero-order chi connectivity index (χ0) is 25.3. The third-order valence-electron chi connectivity index (χ3n) is 8.22. The summed E-state index contributed by atoms with van der Waals surface area (Å²) in [5.41, 5.74) is -0.265. The van der Waals surface area contributed by atoms with Crippen molar-refractivity contribution in [3.05, 3.63) is 35.1 Å². The van der Waals surface area contributed by atoms with Crippen LogP contribution in [0.2, 0.25) is 0 Å². The molecule has 3 unspecified atom stereocenters. The number of aliphatic carboxylic acids is 1. The Labute approximate surface area is 201 Å². The monoisotopic (exact) mass is 488 g/mol. The quantitative estimate of drug-likeness (QED) is 0.430. The topological polar surface area (TPSA) is 160 Å². The molecule has 4 N–H and O–H groups in total. The van der Waals surface area contributed by atoms with E-state index in [1.54, 1.807) is 12.1 Å². The van der Waals surface area contributed by atoms with E-state index in [4.69, 9.17) is 19.3 Å². The maximum Gasteiger partial charge on any atom is 0.352 e. The van der Waals surface area contributed by atoms with Gasteiger partial charge >= 0.3 is 17.9 Å². The van der Waals surface area contributed by atoms with E-state index in [1.807, 2.05) is 6.07 Å². The Morgan fingerprint density at radius 1 is 1.26 bits per heavy atom. The summed E-state index contributed by atoms with van der Waals surface area (Å²) in [5.74, 6) is -2.94. The molecule has 3 aliphatic carbocycles. The molecule has 7 atom stereocenters. The molecule has 2 bridgehead atoms. The fraction of sp³-hybridized carbons (Fsp3) is 0.560. The van der Waals surface area contributed by atoms with Gasteiger partial charge in [0.2, 0.25) is 0 Å². The summed E-state index contributed by atoms with van der Waals surface area (Å²) in [6.45, 7) is 3.37. The first-order valence-electron chi connectivity index (χ1n) is 11.8. The fourth-order valence-corrected chi connectivity index (χ4v) is 6.56. The summed E-state index contributed by atoms with van der Waals surface area (Å²) < 4.78 is 16.7. The van der Waals surface area contributed by atoms with E-state index in [9.17, 15) is 29.7 Å². The smallest absolute Gasteiger partial charge is 0.352 e. The summed E-state index contributed by atoms with van der Waals surface area (Å²) in [5, 5.41) is 41.0. The van der Waals surface area contributed by atoms with Gasteiger partial charge in [0.1, 0.15) is 5.76 Å². The lowest BCUT2D eigenvalue weighted by atomic mass is 9.45. The number of carbonyl (C=O) groups is 3. The fourth-order valence-electron chi connectivity index (χ4n) is 6.56. The highest BCUT2D eigenvalue weighted by Crippen LogP contribution is 2.68. The number of esters is 2. The molecule has 1 heterocycles. The van der Waals surface area contributed by atoms with Gasteiger partial charge in [0.25, 0.3) is 0 Å². The van der Waals surface area contributed by atoms with E-state index in [1.165, 1.54) is 6.92 Å². The number of carboxylic acid groups (broad SMARTS) is 1. The number of carbonyl (C=O) groups excluding carboxylic acids is 2. The molecule has 35 heavy (non-hydrogen) atoms. The molecule has 1 spiro atoms. The first-order chi connectivity index (χ1) is 16.5. The lowest BCUT2D eigenvalue weighted by Gasteiger charge is -2.61.